The number of likely N-dealkylation sites (tertiary alicyclic amines) is 1. The molecule has 3 saturated heterocycles. The summed E-state index contributed by atoms with van der Waals surface area (Å²) in [6, 6.07) is 14.8. The molecule has 3 amide bonds. The second-order valence-corrected chi connectivity index (χ2v) is 12.8. The topological polar surface area (TPSA) is 90.4 Å². The molecule has 0 saturated carbocycles. The van der Waals surface area contributed by atoms with Gasteiger partial charge in [-0.1, -0.05) is 80.1 Å². The summed E-state index contributed by atoms with van der Waals surface area (Å²) in [6.07, 6.45) is 5.92. The lowest BCUT2D eigenvalue weighted by Gasteiger charge is -2.40. The van der Waals surface area contributed by atoms with Crippen LogP contribution in [0.5, 0.6) is 0 Å². The number of aliphatic hydroxyl groups is 1. The summed E-state index contributed by atoms with van der Waals surface area (Å²) in [4.78, 5) is 49.2. The number of hydrogen-bond acceptors (Lipinski definition) is 5. The van der Waals surface area contributed by atoms with Crippen LogP contribution in [0.25, 0.3) is 0 Å². The Bertz CT molecular complexity index is 1430. The Balaban J connectivity index is 1.66. The van der Waals surface area contributed by atoms with E-state index in [1.165, 1.54) is 4.90 Å². The molecule has 8 nitrogen and oxygen atoms in total. The molecule has 3 fully saturated rings. The number of amides is 3. The maximum Gasteiger partial charge on any atom is 0.253 e. The largest absolute Gasteiger partial charge is 0.394 e. The van der Waals surface area contributed by atoms with Gasteiger partial charge in [0.25, 0.3) is 5.91 Å². The Morgan fingerprint density at radius 2 is 1.76 bits per heavy atom. The second-order valence-electron chi connectivity index (χ2n) is 12.4. The normalized spacial score (nSPS) is 27.2. The van der Waals surface area contributed by atoms with Gasteiger partial charge in [0, 0.05) is 19.6 Å². The van der Waals surface area contributed by atoms with Crippen LogP contribution >= 0.6 is 11.6 Å². The molecule has 3 heterocycles. The van der Waals surface area contributed by atoms with E-state index in [1.807, 2.05) is 44.2 Å². The van der Waals surface area contributed by atoms with E-state index < -0.39 is 35.1 Å². The number of halogens is 1. The highest BCUT2D eigenvalue weighted by molar-refractivity contribution is 6.34. The maximum absolute atomic E-state index is 15.0. The van der Waals surface area contributed by atoms with E-state index in [0.717, 1.165) is 12.0 Å². The third-order valence-electron chi connectivity index (χ3n) is 9.91. The number of aliphatic hydroxyl groups excluding tert-OH is 1. The van der Waals surface area contributed by atoms with E-state index in [9.17, 15) is 14.7 Å². The first-order valence-corrected chi connectivity index (χ1v) is 16.3. The van der Waals surface area contributed by atoms with Gasteiger partial charge in [0.15, 0.2) is 0 Å². The van der Waals surface area contributed by atoms with E-state index in [4.69, 9.17) is 16.3 Å². The molecule has 2 bridgehead atoms. The maximum atomic E-state index is 15.0. The Morgan fingerprint density at radius 3 is 2.38 bits per heavy atom. The number of carbonyl (C=O) groups is 3. The number of anilines is 1. The Morgan fingerprint density at radius 1 is 1.07 bits per heavy atom. The van der Waals surface area contributed by atoms with Crippen LogP contribution in [0.2, 0.25) is 5.02 Å². The van der Waals surface area contributed by atoms with Crippen molar-refractivity contribution in [2.75, 3.05) is 31.1 Å². The highest BCUT2D eigenvalue weighted by Gasteiger charge is 2.79. The number of ether oxygens (including phenoxy) is 1. The third kappa shape index (κ3) is 5.51. The fourth-order valence-electron chi connectivity index (χ4n) is 8.01. The summed E-state index contributed by atoms with van der Waals surface area (Å²) in [7, 11) is 0. The lowest BCUT2D eigenvalue weighted by molar-refractivity contribution is -0.153. The minimum absolute atomic E-state index is 0.148. The summed E-state index contributed by atoms with van der Waals surface area (Å²) < 4.78 is 7.01. The quantitative estimate of drug-likeness (QED) is 0.295. The fourth-order valence-corrected chi connectivity index (χ4v) is 8.25. The molecule has 3 aliphatic heterocycles. The monoisotopic (exact) mass is 633 g/mol. The smallest absolute Gasteiger partial charge is 0.253 e. The van der Waals surface area contributed by atoms with Crippen LogP contribution < -0.4 is 4.90 Å². The molecule has 6 atom stereocenters. The molecule has 0 aromatic heterocycles. The number of nitrogens with zero attached hydrogens (tertiary/aromatic N) is 3. The number of benzene rings is 2. The zero-order valence-corrected chi connectivity index (χ0v) is 27.0. The molecule has 2 aromatic carbocycles. The number of para-hydroxylation sites is 1. The Hall–Kier alpha value is -3.46. The summed E-state index contributed by atoms with van der Waals surface area (Å²) in [5.41, 5.74) is -0.717. The number of carbonyl (C=O) groups excluding carboxylic acids is 3. The van der Waals surface area contributed by atoms with Crippen molar-refractivity contribution >= 4 is 35.0 Å². The zero-order valence-electron chi connectivity index (χ0n) is 26.2. The van der Waals surface area contributed by atoms with Gasteiger partial charge < -0.3 is 24.5 Å². The van der Waals surface area contributed by atoms with E-state index in [0.29, 0.717) is 49.5 Å². The van der Waals surface area contributed by atoms with Crippen LogP contribution in [0.15, 0.2) is 79.9 Å². The molecule has 45 heavy (non-hydrogen) atoms. The molecule has 2 unspecified atom stereocenters. The predicted octanol–water partition coefficient (Wildman–Crippen LogP) is 5.04. The van der Waals surface area contributed by atoms with Gasteiger partial charge in [-0.3, -0.25) is 14.4 Å². The fraction of sp³-hybridized carbons (Fsp3) is 0.472. The van der Waals surface area contributed by atoms with Crippen molar-refractivity contribution in [3.63, 3.8) is 0 Å². The first kappa shape index (κ1) is 32.9. The average molecular weight is 634 g/mol. The molecule has 3 aliphatic rings. The SMILES string of the molecule is C=CCN(CCC)C(=O)[C@H]1[C@H]2C(=O)N([C@@H](CO)Cc3ccccc3)C(C(=O)N(CC=C)c3ccccc3Cl)C23CC[C@]1(CC)O3. The molecule has 0 radical (unpaired) electrons. The van der Waals surface area contributed by atoms with Crippen molar-refractivity contribution in [3.05, 3.63) is 90.5 Å². The van der Waals surface area contributed by atoms with Crippen LogP contribution in [0.4, 0.5) is 5.69 Å². The first-order chi connectivity index (χ1) is 21.7. The van der Waals surface area contributed by atoms with Gasteiger partial charge in [0.05, 0.1) is 40.8 Å². The van der Waals surface area contributed by atoms with Crippen molar-refractivity contribution < 1.29 is 24.2 Å². The highest BCUT2D eigenvalue weighted by atomic mass is 35.5. The second kappa shape index (κ2) is 13.5. The van der Waals surface area contributed by atoms with Gasteiger partial charge in [-0.2, -0.15) is 0 Å². The third-order valence-corrected chi connectivity index (χ3v) is 10.2. The van der Waals surface area contributed by atoms with E-state index in [1.54, 1.807) is 46.2 Å². The molecule has 2 aromatic rings. The molecule has 5 rings (SSSR count). The van der Waals surface area contributed by atoms with E-state index >= 15 is 4.79 Å². The van der Waals surface area contributed by atoms with Crippen LogP contribution in [0.1, 0.15) is 45.1 Å². The molecule has 240 valence electrons. The van der Waals surface area contributed by atoms with Crippen molar-refractivity contribution in [2.45, 2.75) is 69.2 Å². The van der Waals surface area contributed by atoms with Gasteiger partial charge in [0.1, 0.15) is 11.6 Å². The Labute approximate surface area is 271 Å². The summed E-state index contributed by atoms with van der Waals surface area (Å²) in [5.74, 6) is -2.49. The lowest BCUT2D eigenvalue weighted by Crippen LogP contribution is -2.59. The molecule has 0 aliphatic carbocycles. The minimum atomic E-state index is -1.25. The van der Waals surface area contributed by atoms with Crippen LogP contribution in [0, 0.1) is 11.8 Å². The van der Waals surface area contributed by atoms with E-state index in [2.05, 4.69) is 13.2 Å². The summed E-state index contributed by atoms with van der Waals surface area (Å²) in [6.45, 7) is 12.4. The Kier molecular flexibility index (Phi) is 9.87. The van der Waals surface area contributed by atoms with Gasteiger partial charge >= 0.3 is 0 Å². The van der Waals surface area contributed by atoms with E-state index in [-0.39, 0.29) is 30.9 Å². The minimum Gasteiger partial charge on any atom is -0.394 e. The van der Waals surface area contributed by atoms with Crippen molar-refractivity contribution in [1.29, 1.82) is 0 Å². The number of rotatable bonds is 14. The van der Waals surface area contributed by atoms with Crippen LogP contribution in [-0.2, 0) is 25.5 Å². The molecular weight excluding hydrogens is 590 g/mol. The average Bonchev–Trinajstić information content (AvgIpc) is 3.66. The van der Waals surface area contributed by atoms with Gasteiger partial charge in [-0.25, -0.2) is 0 Å². The standard InChI is InChI=1S/C36H44ClN3O5/c1-5-20-38(21-6-2)32(42)29-30-33(43)40(26(24-41)23-25-14-10-9-11-15-25)31(36(30)19-18-35(29,8-4)45-36)34(44)39(22-7-3)28-17-13-12-16-27(28)37/h5,7,9-17,26,29-31,41H,1,3,6,8,18-24H2,2,4H3/t26-,29-,30+,31?,35+,36?/m1/s1. The van der Waals surface area contributed by atoms with Crippen LogP contribution in [0.3, 0.4) is 0 Å². The lowest BCUT2D eigenvalue weighted by atomic mass is 9.64. The van der Waals surface area contributed by atoms with Crippen molar-refractivity contribution in [3.8, 4) is 0 Å². The molecule has 9 heteroatoms. The number of fused-ring (bicyclic) bond motifs is 1. The van der Waals surface area contributed by atoms with Gasteiger partial charge in [-0.05, 0) is 49.8 Å². The summed E-state index contributed by atoms with van der Waals surface area (Å²) in [5, 5.41) is 11.2. The molecule has 1 N–H and O–H groups in total. The number of hydrogen-bond donors (Lipinski definition) is 1. The van der Waals surface area contributed by atoms with Crippen molar-refractivity contribution in [2.24, 2.45) is 11.8 Å². The summed E-state index contributed by atoms with van der Waals surface area (Å²) >= 11 is 6.62. The molecular formula is C36H44ClN3O5. The zero-order chi connectivity index (χ0) is 32.4. The van der Waals surface area contributed by atoms with Crippen LogP contribution in [-0.4, -0.2) is 82.2 Å². The highest BCUT2D eigenvalue weighted by Crippen LogP contribution is 2.65. The van der Waals surface area contributed by atoms with Crippen molar-refractivity contribution in [1.82, 2.24) is 9.80 Å². The first-order valence-electron chi connectivity index (χ1n) is 16.0. The van der Waals surface area contributed by atoms with Gasteiger partial charge in [-0.15, -0.1) is 13.2 Å². The van der Waals surface area contributed by atoms with Gasteiger partial charge in [0.2, 0.25) is 11.8 Å². The predicted molar refractivity (Wildman–Crippen MR) is 176 cm³/mol. The molecule has 1 spiro atoms.